The van der Waals surface area contributed by atoms with Gasteiger partial charge in [0.15, 0.2) is 0 Å². The van der Waals surface area contributed by atoms with Crippen LogP contribution in [0.15, 0.2) is 40.9 Å². The molecular weight excluding hydrogens is 236 g/mol. The van der Waals surface area contributed by atoms with Crippen molar-refractivity contribution in [2.24, 2.45) is 0 Å². The van der Waals surface area contributed by atoms with Gasteiger partial charge in [0.25, 0.3) is 0 Å². The van der Waals surface area contributed by atoms with Crippen molar-refractivity contribution in [1.29, 1.82) is 0 Å². The summed E-state index contributed by atoms with van der Waals surface area (Å²) in [5.41, 5.74) is 3.32. The quantitative estimate of drug-likeness (QED) is 0.653. The molecule has 3 aromatic rings. The number of pyridine rings is 1. The Kier molecular flexibility index (Phi) is 2.34. The van der Waals surface area contributed by atoms with E-state index in [-0.39, 0.29) is 0 Å². The molecule has 0 aliphatic carbocycles. The number of fused-ring (bicyclic) bond motifs is 1. The molecule has 84 valence electrons. The van der Waals surface area contributed by atoms with E-state index in [0.717, 1.165) is 16.6 Å². The zero-order valence-electron chi connectivity index (χ0n) is 9.14. The normalized spacial score (nSPS) is 10.9. The highest BCUT2D eigenvalue weighted by Crippen LogP contribution is 2.25. The van der Waals surface area contributed by atoms with Crippen LogP contribution in [-0.2, 0) is 0 Å². The highest BCUT2D eigenvalue weighted by molar-refractivity contribution is 6.30. The zero-order valence-corrected chi connectivity index (χ0v) is 9.90. The molecule has 4 heteroatoms. The van der Waals surface area contributed by atoms with Crippen LogP contribution in [0.4, 0.5) is 0 Å². The van der Waals surface area contributed by atoms with Crippen LogP contribution in [0.25, 0.3) is 22.7 Å². The van der Waals surface area contributed by atoms with E-state index in [4.69, 9.17) is 16.0 Å². The molecule has 0 N–H and O–H groups in total. The van der Waals surface area contributed by atoms with E-state index in [1.807, 2.05) is 37.3 Å². The first-order chi connectivity index (χ1) is 8.24. The Morgan fingerprint density at radius 2 is 1.88 bits per heavy atom. The molecule has 0 radical (unpaired) electrons. The minimum absolute atomic E-state index is 0.565. The molecule has 0 amide bonds. The third-order valence-electron chi connectivity index (χ3n) is 2.59. The highest BCUT2D eigenvalue weighted by atomic mass is 35.5. The minimum atomic E-state index is 0.565. The topological polar surface area (TPSA) is 38.9 Å². The van der Waals surface area contributed by atoms with Crippen molar-refractivity contribution in [2.45, 2.75) is 6.92 Å². The van der Waals surface area contributed by atoms with E-state index in [1.165, 1.54) is 0 Å². The van der Waals surface area contributed by atoms with Crippen molar-refractivity contribution in [3.8, 4) is 11.5 Å². The Hall–Kier alpha value is -1.87. The predicted octanol–water partition coefficient (Wildman–Crippen LogP) is 3.85. The van der Waals surface area contributed by atoms with Crippen molar-refractivity contribution in [2.75, 3.05) is 0 Å². The standard InChI is InChI=1S/C13H9ClN2O/c1-8-6-7-15-13-11(8)16-12(17-13)9-2-4-10(14)5-3-9/h2-7H,1H3. The van der Waals surface area contributed by atoms with Gasteiger partial charge in [-0.1, -0.05) is 11.6 Å². The summed E-state index contributed by atoms with van der Waals surface area (Å²) in [7, 11) is 0. The number of hydrogen-bond acceptors (Lipinski definition) is 3. The van der Waals surface area contributed by atoms with E-state index in [0.29, 0.717) is 16.6 Å². The number of halogens is 1. The molecule has 0 saturated carbocycles. The summed E-state index contributed by atoms with van der Waals surface area (Å²) in [5.74, 6) is 0.568. The summed E-state index contributed by atoms with van der Waals surface area (Å²) in [5, 5.41) is 0.694. The lowest BCUT2D eigenvalue weighted by Gasteiger charge is -1.93. The summed E-state index contributed by atoms with van der Waals surface area (Å²) in [6.45, 7) is 1.98. The zero-order chi connectivity index (χ0) is 11.8. The van der Waals surface area contributed by atoms with Gasteiger partial charge in [-0.25, -0.2) is 9.97 Å². The molecule has 0 unspecified atom stereocenters. The largest absolute Gasteiger partial charge is 0.418 e. The lowest BCUT2D eigenvalue weighted by Crippen LogP contribution is -1.79. The molecule has 17 heavy (non-hydrogen) atoms. The van der Waals surface area contributed by atoms with Crippen LogP contribution in [0.2, 0.25) is 5.02 Å². The maximum Gasteiger partial charge on any atom is 0.247 e. The van der Waals surface area contributed by atoms with Gasteiger partial charge in [0.1, 0.15) is 5.52 Å². The molecule has 1 aromatic carbocycles. The second-order valence-electron chi connectivity index (χ2n) is 3.81. The Labute approximate surface area is 103 Å². The average molecular weight is 245 g/mol. The Balaban J connectivity index is 2.18. The molecule has 0 aliphatic heterocycles. The molecule has 0 bridgehead atoms. The first kappa shape index (κ1) is 10.3. The second kappa shape index (κ2) is 3.86. The number of rotatable bonds is 1. The highest BCUT2D eigenvalue weighted by Gasteiger charge is 2.10. The van der Waals surface area contributed by atoms with Crippen LogP contribution in [0.1, 0.15) is 5.56 Å². The van der Waals surface area contributed by atoms with E-state index in [9.17, 15) is 0 Å². The number of aryl methyl sites for hydroxylation is 1. The van der Waals surface area contributed by atoms with Gasteiger partial charge in [-0.3, -0.25) is 0 Å². The molecular formula is C13H9ClN2O. The number of oxazole rings is 1. The molecule has 0 spiro atoms. The number of benzene rings is 1. The smallest absolute Gasteiger partial charge is 0.247 e. The van der Waals surface area contributed by atoms with Crippen LogP contribution in [0, 0.1) is 6.92 Å². The first-order valence-corrected chi connectivity index (χ1v) is 5.60. The first-order valence-electron chi connectivity index (χ1n) is 5.22. The van der Waals surface area contributed by atoms with Gasteiger partial charge in [-0.05, 0) is 42.8 Å². The number of nitrogens with zero attached hydrogens (tertiary/aromatic N) is 2. The predicted molar refractivity (Wildman–Crippen MR) is 67.0 cm³/mol. The SMILES string of the molecule is Cc1ccnc2oc(-c3ccc(Cl)cc3)nc12. The molecule has 2 heterocycles. The molecule has 0 atom stereocenters. The fourth-order valence-corrected chi connectivity index (χ4v) is 1.79. The van der Waals surface area contributed by atoms with Crippen molar-refractivity contribution in [3.05, 3.63) is 47.1 Å². The van der Waals surface area contributed by atoms with Crippen molar-refractivity contribution in [1.82, 2.24) is 9.97 Å². The molecule has 3 nitrogen and oxygen atoms in total. The van der Waals surface area contributed by atoms with Gasteiger partial charge in [-0.15, -0.1) is 0 Å². The second-order valence-corrected chi connectivity index (χ2v) is 4.24. The van der Waals surface area contributed by atoms with Gasteiger partial charge in [0.05, 0.1) is 0 Å². The minimum Gasteiger partial charge on any atom is -0.418 e. The van der Waals surface area contributed by atoms with Gasteiger partial charge in [0, 0.05) is 16.8 Å². The monoisotopic (exact) mass is 244 g/mol. The van der Waals surface area contributed by atoms with E-state index in [2.05, 4.69) is 9.97 Å². The van der Waals surface area contributed by atoms with E-state index in [1.54, 1.807) is 6.20 Å². The van der Waals surface area contributed by atoms with E-state index < -0.39 is 0 Å². The maximum atomic E-state index is 5.84. The Morgan fingerprint density at radius 1 is 1.12 bits per heavy atom. The molecule has 0 fully saturated rings. The van der Waals surface area contributed by atoms with Crippen molar-refractivity contribution in [3.63, 3.8) is 0 Å². The summed E-state index contributed by atoms with van der Waals surface area (Å²) in [6.07, 6.45) is 1.72. The fraction of sp³-hybridized carbons (Fsp3) is 0.0769. The lowest BCUT2D eigenvalue weighted by molar-refractivity contribution is 0.608. The van der Waals surface area contributed by atoms with Gasteiger partial charge in [0.2, 0.25) is 11.6 Å². The lowest BCUT2D eigenvalue weighted by atomic mass is 10.2. The maximum absolute atomic E-state index is 5.84. The molecule has 0 aliphatic rings. The average Bonchev–Trinajstić information content (AvgIpc) is 2.75. The summed E-state index contributed by atoms with van der Waals surface area (Å²) in [6, 6.07) is 9.29. The van der Waals surface area contributed by atoms with Crippen molar-refractivity contribution >= 4 is 22.8 Å². The van der Waals surface area contributed by atoms with Gasteiger partial charge < -0.3 is 4.42 Å². The Morgan fingerprint density at radius 3 is 2.59 bits per heavy atom. The summed E-state index contributed by atoms with van der Waals surface area (Å²) < 4.78 is 5.61. The summed E-state index contributed by atoms with van der Waals surface area (Å²) in [4.78, 5) is 8.59. The van der Waals surface area contributed by atoms with Crippen LogP contribution < -0.4 is 0 Å². The van der Waals surface area contributed by atoms with Crippen LogP contribution in [-0.4, -0.2) is 9.97 Å². The van der Waals surface area contributed by atoms with Gasteiger partial charge in [-0.2, -0.15) is 0 Å². The molecule has 0 saturated heterocycles. The van der Waals surface area contributed by atoms with Crippen LogP contribution in [0.5, 0.6) is 0 Å². The molecule has 3 rings (SSSR count). The molecule has 2 aromatic heterocycles. The number of hydrogen-bond donors (Lipinski definition) is 0. The summed E-state index contributed by atoms with van der Waals surface area (Å²) >= 11 is 5.84. The van der Waals surface area contributed by atoms with Crippen LogP contribution in [0.3, 0.4) is 0 Å². The third-order valence-corrected chi connectivity index (χ3v) is 2.84. The van der Waals surface area contributed by atoms with Crippen LogP contribution >= 0.6 is 11.6 Å². The Bertz CT molecular complexity index is 673. The van der Waals surface area contributed by atoms with E-state index >= 15 is 0 Å². The van der Waals surface area contributed by atoms with Gasteiger partial charge >= 0.3 is 0 Å². The van der Waals surface area contributed by atoms with Crippen molar-refractivity contribution < 1.29 is 4.42 Å². The number of aromatic nitrogens is 2. The fourth-order valence-electron chi connectivity index (χ4n) is 1.67. The third kappa shape index (κ3) is 1.78.